The quantitative estimate of drug-likeness (QED) is 0.743. The van der Waals surface area contributed by atoms with E-state index in [4.69, 9.17) is 9.15 Å². The number of oxazole rings is 1. The normalized spacial score (nSPS) is 10.6. The lowest BCUT2D eigenvalue weighted by molar-refractivity contribution is -0.117. The van der Waals surface area contributed by atoms with Crippen molar-refractivity contribution in [2.75, 3.05) is 7.11 Å². The fourth-order valence-electron chi connectivity index (χ4n) is 2.50. The van der Waals surface area contributed by atoms with Crippen LogP contribution in [0.5, 0.6) is 11.5 Å². The lowest BCUT2D eigenvalue weighted by Crippen LogP contribution is -2.09. The fraction of sp³-hybridized carbons (Fsp3) is 0.211. The van der Waals surface area contributed by atoms with E-state index in [2.05, 4.69) is 9.97 Å². The molecule has 0 spiro atoms. The summed E-state index contributed by atoms with van der Waals surface area (Å²) in [5.41, 5.74) is 2.92. The van der Waals surface area contributed by atoms with Gasteiger partial charge in [-0.3, -0.25) is 9.78 Å². The summed E-state index contributed by atoms with van der Waals surface area (Å²) in [6.45, 7) is 1.93. The number of carbonyl (C=O) groups is 1. The number of aromatic hydroxyl groups is 1. The van der Waals surface area contributed by atoms with Gasteiger partial charge in [0.1, 0.15) is 12.0 Å². The van der Waals surface area contributed by atoms with E-state index in [-0.39, 0.29) is 24.4 Å². The van der Waals surface area contributed by atoms with Gasteiger partial charge in [-0.05, 0) is 36.8 Å². The summed E-state index contributed by atoms with van der Waals surface area (Å²) < 4.78 is 10.4. The molecule has 6 nitrogen and oxygen atoms in total. The van der Waals surface area contributed by atoms with Crippen molar-refractivity contribution in [3.05, 3.63) is 59.7 Å². The molecular formula is C19H18N2O4. The molecule has 1 aromatic carbocycles. The predicted octanol–water partition coefficient (Wildman–Crippen LogP) is 3.11. The van der Waals surface area contributed by atoms with Crippen molar-refractivity contribution in [1.82, 2.24) is 9.97 Å². The summed E-state index contributed by atoms with van der Waals surface area (Å²) >= 11 is 0. The number of phenolic OH excluding ortho intramolecular Hbond substituents is 1. The zero-order valence-corrected chi connectivity index (χ0v) is 14.0. The molecule has 0 atom stereocenters. The summed E-state index contributed by atoms with van der Waals surface area (Å²) in [7, 11) is 1.48. The fourth-order valence-corrected chi connectivity index (χ4v) is 2.50. The highest BCUT2D eigenvalue weighted by Crippen LogP contribution is 2.31. The van der Waals surface area contributed by atoms with Crippen LogP contribution in [0.4, 0.5) is 0 Å². The Morgan fingerprint density at radius 3 is 2.84 bits per heavy atom. The minimum absolute atomic E-state index is 0.00135. The van der Waals surface area contributed by atoms with Gasteiger partial charge in [0.15, 0.2) is 11.5 Å². The summed E-state index contributed by atoms with van der Waals surface area (Å²) in [5.74, 6) is 0.729. The molecule has 0 unspecified atom stereocenters. The van der Waals surface area contributed by atoms with E-state index in [0.717, 1.165) is 11.3 Å². The van der Waals surface area contributed by atoms with Crippen LogP contribution in [0.1, 0.15) is 17.0 Å². The van der Waals surface area contributed by atoms with Gasteiger partial charge in [-0.15, -0.1) is 0 Å². The van der Waals surface area contributed by atoms with Gasteiger partial charge in [0, 0.05) is 18.2 Å². The van der Waals surface area contributed by atoms with Gasteiger partial charge < -0.3 is 14.3 Å². The van der Waals surface area contributed by atoms with Crippen molar-refractivity contribution in [3.8, 4) is 23.0 Å². The Morgan fingerprint density at radius 2 is 2.12 bits per heavy atom. The lowest BCUT2D eigenvalue weighted by atomic mass is 10.1. The SMILES string of the molecule is COc1ccc(-c2nc(CC(=O)Cc3ncccc3C)co2)cc1O. The van der Waals surface area contributed by atoms with E-state index in [0.29, 0.717) is 22.9 Å². The first kappa shape index (κ1) is 16.7. The zero-order valence-electron chi connectivity index (χ0n) is 14.0. The Balaban J connectivity index is 1.70. The molecule has 0 fully saturated rings. The van der Waals surface area contributed by atoms with E-state index in [9.17, 15) is 9.90 Å². The number of phenols is 1. The first-order valence-electron chi connectivity index (χ1n) is 7.81. The van der Waals surface area contributed by atoms with Crippen LogP contribution in [0.15, 0.2) is 47.2 Å². The Kier molecular flexibility index (Phi) is 4.79. The number of ether oxygens (including phenoxy) is 1. The van der Waals surface area contributed by atoms with Gasteiger partial charge in [-0.1, -0.05) is 6.07 Å². The van der Waals surface area contributed by atoms with Crippen molar-refractivity contribution in [1.29, 1.82) is 0 Å². The number of pyridine rings is 1. The zero-order chi connectivity index (χ0) is 17.8. The molecule has 0 aliphatic heterocycles. The number of ketones is 1. The van der Waals surface area contributed by atoms with Crippen molar-refractivity contribution in [3.63, 3.8) is 0 Å². The molecule has 0 saturated carbocycles. The smallest absolute Gasteiger partial charge is 0.226 e. The minimum Gasteiger partial charge on any atom is -0.504 e. The van der Waals surface area contributed by atoms with Crippen LogP contribution in [0.3, 0.4) is 0 Å². The standard InChI is InChI=1S/C19H18N2O4/c1-12-4-3-7-20-16(12)10-15(22)9-14-11-25-19(21-14)13-5-6-18(24-2)17(23)8-13/h3-8,11,23H,9-10H2,1-2H3. The number of hydrogen-bond acceptors (Lipinski definition) is 6. The molecule has 0 bridgehead atoms. The second-order valence-corrected chi connectivity index (χ2v) is 5.69. The van der Waals surface area contributed by atoms with Crippen LogP contribution in [-0.2, 0) is 17.6 Å². The van der Waals surface area contributed by atoms with E-state index >= 15 is 0 Å². The van der Waals surface area contributed by atoms with Crippen LogP contribution in [0, 0.1) is 6.92 Å². The molecule has 3 aromatic rings. The number of hydrogen-bond donors (Lipinski definition) is 1. The van der Waals surface area contributed by atoms with Gasteiger partial charge in [0.25, 0.3) is 0 Å². The van der Waals surface area contributed by atoms with Gasteiger partial charge in [-0.2, -0.15) is 0 Å². The molecular weight excluding hydrogens is 320 g/mol. The summed E-state index contributed by atoms with van der Waals surface area (Å²) in [6.07, 6.45) is 3.57. The monoisotopic (exact) mass is 338 g/mol. The molecule has 0 aliphatic rings. The third kappa shape index (κ3) is 3.85. The maximum atomic E-state index is 12.2. The largest absolute Gasteiger partial charge is 0.504 e. The van der Waals surface area contributed by atoms with Crippen LogP contribution in [-0.4, -0.2) is 28.0 Å². The van der Waals surface area contributed by atoms with E-state index in [1.807, 2.05) is 19.1 Å². The van der Waals surface area contributed by atoms with Crippen LogP contribution in [0.2, 0.25) is 0 Å². The number of nitrogens with zero attached hydrogens (tertiary/aromatic N) is 2. The van der Waals surface area contributed by atoms with Crippen molar-refractivity contribution in [2.45, 2.75) is 19.8 Å². The third-order valence-corrected chi connectivity index (χ3v) is 3.84. The molecule has 0 saturated heterocycles. The van der Waals surface area contributed by atoms with Crippen molar-refractivity contribution >= 4 is 5.78 Å². The average molecular weight is 338 g/mol. The maximum absolute atomic E-state index is 12.2. The van der Waals surface area contributed by atoms with Gasteiger partial charge in [0.05, 0.1) is 24.9 Å². The highest BCUT2D eigenvalue weighted by atomic mass is 16.5. The van der Waals surface area contributed by atoms with Gasteiger partial charge in [-0.25, -0.2) is 4.98 Å². The number of benzene rings is 1. The number of carbonyl (C=O) groups excluding carboxylic acids is 1. The first-order valence-corrected chi connectivity index (χ1v) is 7.81. The predicted molar refractivity (Wildman–Crippen MR) is 91.5 cm³/mol. The molecule has 2 aromatic heterocycles. The molecule has 128 valence electrons. The second-order valence-electron chi connectivity index (χ2n) is 5.69. The highest BCUT2D eigenvalue weighted by molar-refractivity contribution is 5.82. The number of Topliss-reactive ketones (excluding diaryl/α,β-unsaturated/α-hetero) is 1. The van der Waals surface area contributed by atoms with Crippen LogP contribution in [0.25, 0.3) is 11.5 Å². The molecule has 1 N–H and O–H groups in total. The summed E-state index contributed by atoms with van der Waals surface area (Å²) in [4.78, 5) is 20.8. The van der Waals surface area contributed by atoms with E-state index < -0.39 is 0 Å². The molecule has 0 aliphatic carbocycles. The van der Waals surface area contributed by atoms with Crippen LogP contribution < -0.4 is 4.74 Å². The molecule has 6 heteroatoms. The number of aryl methyl sites for hydroxylation is 1. The third-order valence-electron chi connectivity index (χ3n) is 3.84. The number of rotatable bonds is 6. The average Bonchev–Trinajstić information content (AvgIpc) is 3.05. The highest BCUT2D eigenvalue weighted by Gasteiger charge is 2.14. The number of methoxy groups -OCH3 is 1. The van der Waals surface area contributed by atoms with Gasteiger partial charge in [0.2, 0.25) is 5.89 Å². The number of aromatic nitrogens is 2. The molecule has 3 rings (SSSR count). The van der Waals surface area contributed by atoms with Crippen molar-refractivity contribution < 1.29 is 19.1 Å². The maximum Gasteiger partial charge on any atom is 0.226 e. The molecule has 0 radical (unpaired) electrons. The first-order chi connectivity index (χ1) is 12.1. The summed E-state index contributed by atoms with van der Waals surface area (Å²) in [5, 5.41) is 9.84. The summed E-state index contributed by atoms with van der Waals surface area (Å²) in [6, 6.07) is 8.64. The lowest BCUT2D eigenvalue weighted by Gasteiger charge is -2.03. The van der Waals surface area contributed by atoms with E-state index in [1.54, 1.807) is 18.3 Å². The van der Waals surface area contributed by atoms with Crippen LogP contribution >= 0.6 is 0 Å². The molecule has 25 heavy (non-hydrogen) atoms. The van der Waals surface area contributed by atoms with Gasteiger partial charge >= 0.3 is 0 Å². The topological polar surface area (TPSA) is 85.5 Å². The van der Waals surface area contributed by atoms with Crippen molar-refractivity contribution in [2.24, 2.45) is 0 Å². The molecule has 2 heterocycles. The Hall–Kier alpha value is -3.15. The Bertz CT molecular complexity index is 902. The van der Waals surface area contributed by atoms with E-state index in [1.165, 1.54) is 19.4 Å². The molecule has 0 amide bonds. The Morgan fingerprint density at radius 1 is 1.28 bits per heavy atom. The second kappa shape index (κ2) is 7.17. The minimum atomic E-state index is 0.00135. The Labute approximate surface area is 145 Å².